The molecule has 0 unspecified atom stereocenters. The Balaban J connectivity index is 0.00000192. The van der Waals surface area contributed by atoms with Gasteiger partial charge < -0.3 is 41.6 Å². The van der Waals surface area contributed by atoms with Crippen molar-refractivity contribution in [2.75, 3.05) is 12.3 Å². The molecule has 1 fully saturated rings. The fourth-order valence-corrected chi connectivity index (χ4v) is 2.60. The summed E-state index contributed by atoms with van der Waals surface area (Å²) in [5, 5.41) is 29.3. The van der Waals surface area contributed by atoms with Crippen LogP contribution in [0.2, 0.25) is 0 Å². The molecular weight excluding hydrogens is 310 g/mol. The number of rotatable bonds is 3. The van der Waals surface area contributed by atoms with Crippen LogP contribution in [0.5, 0.6) is 0 Å². The van der Waals surface area contributed by atoms with E-state index in [0.717, 1.165) is 0 Å². The molecule has 2 aromatic heterocycles. The highest BCUT2D eigenvalue weighted by Gasteiger charge is 2.44. The van der Waals surface area contributed by atoms with Gasteiger partial charge in [0.1, 0.15) is 36.1 Å². The molecular formula is C12H17N5O6. The highest BCUT2D eigenvalue weighted by Crippen LogP contribution is 2.34. The Bertz CT molecular complexity index is 734. The molecule has 3 heterocycles. The molecule has 0 bridgehead atoms. The Morgan fingerprint density at radius 2 is 2.04 bits per heavy atom. The summed E-state index contributed by atoms with van der Waals surface area (Å²) in [5.74, 6) is -0.679. The van der Waals surface area contributed by atoms with Gasteiger partial charge in [-0.15, -0.1) is 0 Å². The first-order chi connectivity index (χ1) is 10.5. The lowest BCUT2D eigenvalue weighted by molar-refractivity contribution is -0.0508. The van der Waals surface area contributed by atoms with Crippen LogP contribution in [0.15, 0.2) is 12.5 Å². The van der Waals surface area contributed by atoms with E-state index in [1.54, 1.807) is 0 Å². The predicted molar refractivity (Wildman–Crippen MR) is 77.1 cm³/mol. The van der Waals surface area contributed by atoms with E-state index in [1.807, 2.05) is 0 Å². The van der Waals surface area contributed by atoms with E-state index in [2.05, 4.69) is 9.97 Å². The molecule has 9 N–H and O–H groups in total. The van der Waals surface area contributed by atoms with Gasteiger partial charge in [0.25, 0.3) is 5.91 Å². The topological polar surface area (TPSA) is 201 Å². The Kier molecular flexibility index (Phi) is 4.49. The zero-order valence-electron chi connectivity index (χ0n) is 11.8. The normalized spacial score (nSPS) is 27.1. The van der Waals surface area contributed by atoms with Crippen LogP contribution in [-0.4, -0.2) is 66.2 Å². The highest BCUT2D eigenvalue weighted by molar-refractivity contribution is 6.08. The third-order valence-corrected chi connectivity index (χ3v) is 3.70. The molecule has 4 atom stereocenters. The molecule has 2 aromatic rings. The molecule has 3 rings (SSSR count). The van der Waals surface area contributed by atoms with Crippen LogP contribution >= 0.6 is 0 Å². The third-order valence-electron chi connectivity index (χ3n) is 3.70. The molecule has 126 valence electrons. The Morgan fingerprint density at radius 3 is 2.61 bits per heavy atom. The minimum atomic E-state index is -1.32. The van der Waals surface area contributed by atoms with Gasteiger partial charge in [-0.1, -0.05) is 0 Å². The van der Waals surface area contributed by atoms with Crippen LogP contribution < -0.4 is 11.5 Å². The van der Waals surface area contributed by atoms with Gasteiger partial charge in [0.05, 0.1) is 17.6 Å². The number of ether oxygens (including phenoxy) is 1. The Morgan fingerprint density at radius 1 is 1.35 bits per heavy atom. The first-order valence-corrected chi connectivity index (χ1v) is 6.49. The number of nitrogens with zero attached hydrogens (tertiary/aromatic N) is 3. The maximum atomic E-state index is 11.6. The summed E-state index contributed by atoms with van der Waals surface area (Å²) < 4.78 is 6.77. The van der Waals surface area contributed by atoms with Crippen molar-refractivity contribution >= 4 is 22.8 Å². The van der Waals surface area contributed by atoms with Crippen molar-refractivity contribution in [3.8, 4) is 0 Å². The number of aliphatic hydroxyl groups excluding tert-OH is 3. The van der Waals surface area contributed by atoms with Crippen molar-refractivity contribution in [1.29, 1.82) is 0 Å². The zero-order valence-corrected chi connectivity index (χ0v) is 11.8. The minimum absolute atomic E-state index is 0. The van der Waals surface area contributed by atoms with Gasteiger partial charge >= 0.3 is 0 Å². The van der Waals surface area contributed by atoms with E-state index in [0.29, 0.717) is 0 Å². The molecule has 0 aliphatic carbocycles. The molecule has 1 aliphatic heterocycles. The number of carbonyl (C=O) groups is 1. The van der Waals surface area contributed by atoms with Crippen LogP contribution in [-0.2, 0) is 4.74 Å². The van der Waals surface area contributed by atoms with Crippen LogP contribution in [0.3, 0.4) is 0 Å². The van der Waals surface area contributed by atoms with Gasteiger partial charge in [0, 0.05) is 6.20 Å². The number of carbonyl (C=O) groups excluding carboxylic acids is 1. The lowest BCUT2D eigenvalue weighted by Gasteiger charge is -2.17. The maximum Gasteiger partial charge on any atom is 0.251 e. The first kappa shape index (κ1) is 17.1. The van der Waals surface area contributed by atoms with Gasteiger partial charge in [0.2, 0.25) is 0 Å². The maximum absolute atomic E-state index is 11.6. The molecule has 1 amide bonds. The lowest BCUT2D eigenvalue weighted by Crippen LogP contribution is -2.33. The van der Waals surface area contributed by atoms with Gasteiger partial charge in [-0.3, -0.25) is 4.79 Å². The number of fused-ring (bicyclic) bond motifs is 1. The van der Waals surface area contributed by atoms with E-state index in [-0.39, 0.29) is 27.9 Å². The first-order valence-electron chi connectivity index (χ1n) is 6.49. The monoisotopic (exact) mass is 327 g/mol. The van der Waals surface area contributed by atoms with Crippen LogP contribution in [0.1, 0.15) is 16.6 Å². The molecule has 11 heteroatoms. The zero-order chi connectivity index (χ0) is 16.0. The predicted octanol–water partition coefficient (Wildman–Crippen LogP) is -3.10. The number of hydrogen-bond acceptors (Lipinski definition) is 8. The van der Waals surface area contributed by atoms with Gasteiger partial charge in [-0.2, -0.15) is 0 Å². The van der Waals surface area contributed by atoms with E-state index in [9.17, 15) is 15.0 Å². The molecule has 1 saturated heterocycles. The molecule has 0 aromatic carbocycles. The van der Waals surface area contributed by atoms with Gasteiger partial charge in [-0.25, -0.2) is 9.97 Å². The summed E-state index contributed by atoms with van der Waals surface area (Å²) in [7, 11) is 0. The Labute approximate surface area is 129 Å². The second kappa shape index (κ2) is 6.06. The minimum Gasteiger partial charge on any atom is -0.412 e. The molecule has 1 aliphatic rings. The summed E-state index contributed by atoms with van der Waals surface area (Å²) in [5.41, 5.74) is 11.4. The van der Waals surface area contributed by atoms with E-state index >= 15 is 0 Å². The van der Waals surface area contributed by atoms with Crippen molar-refractivity contribution in [3.63, 3.8) is 0 Å². The molecule has 11 nitrogen and oxygen atoms in total. The van der Waals surface area contributed by atoms with E-state index in [1.165, 1.54) is 17.1 Å². The van der Waals surface area contributed by atoms with Crippen molar-refractivity contribution in [2.24, 2.45) is 5.73 Å². The summed E-state index contributed by atoms with van der Waals surface area (Å²) in [6.45, 7) is -0.465. The molecule has 23 heavy (non-hydrogen) atoms. The number of hydrogen-bond donors (Lipinski definition) is 5. The third kappa shape index (κ3) is 2.50. The van der Waals surface area contributed by atoms with Crippen molar-refractivity contribution in [3.05, 3.63) is 18.1 Å². The largest absolute Gasteiger partial charge is 0.412 e. The summed E-state index contributed by atoms with van der Waals surface area (Å²) in [6.07, 6.45) is -2.06. The van der Waals surface area contributed by atoms with Crippen molar-refractivity contribution in [1.82, 2.24) is 14.5 Å². The number of aliphatic hydroxyl groups is 3. The quantitative estimate of drug-likeness (QED) is 0.390. The molecule has 0 spiro atoms. The van der Waals surface area contributed by atoms with Crippen LogP contribution in [0.25, 0.3) is 11.0 Å². The summed E-state index contributed by atoms with van der Waals surface area (Å²) in [4.78, 5) is 19.4. The highest BCUT2D eigenvalue weighted by atomic mass is 16.6. The lowest BCUT2D eigenvalue weighted by atomic mass is 10.1. The average molecular weight is 327 g/mol. The molecule has 0 radical (unpaired) electrons. The Hall–Kier alpha value is -2.31. The summed E-state index contributed by atoms with van der Waals surface area (Å²) >= 11 is 0. The number of amides is 1. The number of primary amides is 1. The van der Waals surface area contributed by atoms with E-state index in [4.69, 9.17) is 21.3 Å². The SMILES string of the molecule is NC(=O)c1cn([C@@H]2O[C@H](CO)[C@@H](O)[C@H]2O)c2ncnc(N)c12.O. The number of aromatic nitrogens is 3. The number of nitrogens with two attached hydrogens (primary N) is 2. The van der Waals surface area contributed by atoms with Gasteiger partial charge in [-0.05, 0) is 0 Å². The second-order valence-electron chi connectivity index (χ2n) is 5.00. The number of nitrogen functional groups attached to an aromatic ring is 1. The average Bonchev–Trinajstić information content (AvgIpc) is 3.00. The standard InChI is InChI=1S/C12H15N5O5.H2O/c13-9-6-4(10(14)21)1-17(11(6)16-3-15-9)12-8(20)7(19)5(2-18)22-12;/h1,3,5,7-8,12,18-20H,2H2,(H2,14,21)(H2,13,15,16);1H2/t5-,7-,8-,12-;/m1./s1. The van der Waals surface area contributed by atoms with Crippen LogP contribution in [0.4, 0.5) is 5.82 Å². The fraction of sp³-hybridized carbons (Fsp3) is 0.417. The fourth-order valence-electron chi connectivity index (χ4n) is 2.60. The van der Waals surface area contributed by atoms with Gasteiger partial charge in [0.15, 0.2) is 6.23 Å². The molecule has 0 saturated carbocycles. The second-order valence-corrected chi connectivity index (χ2v) is 5.00. The van der Waals surface area contributed by atoms with Crippen molar-refractivity contribution < 1.29 is 30.3 Å². The van der Waals surface area contributed by atoms with Crippen LogP contribution in [0, 0.1) is 0 Å². The van der Waals surface area contributed by atoms with Crippen molar-refractivity contribution in [2.45, 2.75) is 24.5 Å². The van der Waals surface area contributed by atoms with E-state index < -0.39 is 37.1 Å². The summed E-state index contributed by atoms with van der Waals surface area (Å²) in [6, 6.07) is 0. The number of anilines is 1. The smallest absolute Gasteiger partial charge is 0.251 e.